The van der Waals surface area contributed by atoms with Gasteiger partial charge in [-0.15, -0.1) is 0 Å². The van der Waals surface area contributed by atoms with E-state index in [0.717, 1.165) is 29.6 Å². The minimum atomic E-state index is -0.139. The summed E-state index contributed by atoms with van der Waals surface area (Å²) >= 11 is 2.30. The van der Waals surface area contributed by atoms with Crippen LogP contribution in [-0.4, -0.2) is 22.9 Å². The average molecular weight is 370 g/mol. The Bertz CT molecular complexity index is 603. The molecule has 3 nitrogen and oxygen atoms in total. The van der Waals surface area contributed by atoms with Gasteiger partial charge in [0.15, 0.2) is 5.78 Å². The smallest absolute Gasteiger partial charge is 0.181 e. The van der Waals surface area contributed by atoms with Gasteiger partial charge >= 0.3 is 0 Å². The number of carbonyl (C=O) groups is 1. The number of aromatic nitrogens is 1. The number of rotatable bonds is 5. The Kier molecular flexibility index (Phi) is 4.62. The van der Waals surface area contributed by atoms with Crippen LogP contribution in [0.5, 0.6) is 0 Å². The van der Waals surface area contributed by atoms with Crippen molar-refractivity contribution in [2.45, 2.75) is 33.4 Å². The lowest BCUT2D eigenvalue weighted by atomic mass is 10.0. The molecule has 0 radical (unpaired) electrons. The fourth-order valence-corrected chi connectivity index (χ4v) is 2.83. The first-order chi connectivity index (χ1) is 9.08. The summed E-state index contributed by atoms with van der Waals surface area (Å²) in [6.45, 7) is 7.72. The summed E-state index contributed by atoms with van der Waals surface area (Å²) < 4.78 is 3.33. The van der Waals surface area contributed by atoms with E-state index in [2.05, 4.69) is 57.6 Å². The number of benzene rings is 1. The number of nitrogens with zero attached hydrogens (tertiary/aromatic N) is 1. The van der Waals surface area contributed by atoms with Crippen LogP contribution in [0.15, 0.2) is 24.4 Å². The first kappa shape index (κ1) is 14.5. The zero-order valence-electron chi connectivity index (χ0n) is 11.5. The molecule has 1 heterocycles. The lowest BCUT2D eigenvalue weighted by Gasteiger charge is -2.10. The van der Waals surface area contributed by atoms with E-state index in [9.17, 15) is 4.79 Å². The molecular formula is C15H19IN2O. The van der Waals surface area contributed by atoms with Gasteiger partial charge in [-0.3, -0.25) is 4.79 Å². The summed E-state index contributed by atoms with van der Waals surface area (Å²) in [5.74, 6) is 0.167. The third kappa shape index (κ3) is 2.84. The highest BCUT2D eigenvalue weighted by Gasteiger charge is 2.19. The van der Waals surface area contributed by atoms with Gasteiger partial charge in [-0.05, 0) is 55.1 Å². The maximum absolute atomic E-state index is 12.5. The van der Waals surface area contributed by atoms with Gasteiger partial charge in [0.2, 0.25) is 0 Å². The van der Waals surface area contributed by atoms with Gasteiger partial charge in [-0.25, -0.2) is 0 Å². The predicted octanol–water partition coefficient (Wildman–Crippen LogP) is 3.45. The molecule has 1 aromatic carbocycles. The Balaban J connectivity index is 2.52. The highest BCUT2D eigenvalue weighted by molar-refractivity contribution is 14.1. The number of hydrogen-bond donors (Lipinski definition) is 1. The Hall–Kier alpha value is -0.880. The molecule has 0 bridgehead atoms. The summed E-state index contributed by atoms with van der Waals surface area (Å²) in [4.78, 5) is 12.5. The molecule has 0 amide bonds. The summed E-state index contributed by atoms with van der Waals surface area (Å²) in [6.07, 6.45) is 1.98. The maximum atomic E-state index is 12.5. The van der Waals surface area contributed by atoms with Crippen LogP contribution in [0.3, 0.4) is 0 Å². The van der Waals surface area contributed by atoms with Crippen molar-refractivity contribution < 1.29 is 4.79 Å². The van der Waals surface area contributed by atoms with Crippen LogP contribution in [0.4, 0.5) is 0 Å². The molecule has 0 spiro atoms. The fraction of sp³-hybridized carbons (Fsp3) is 0.400. The van der Waals surface area contributed by atoms with Gasteiger partial charge in [0.25, 0.3) is 0 Å². The molecular weight excluding hydrogens is 351 g/mol. The molecule has 4 heteroatoms. The van der Waals surface area contributed by atoms with Crippen LogP contribution in [0.25, 0.3) is 10.9 Å². The largest absolute Gasteiger partial charge is 0.347 e. The van der Waals surface area contributed by atoms with E-state index in [4.69, 9.17) is 0 Å². The molecule has 19 heavy (non-hydrogen) atoms. The summed E-state index contributed by atoms with van der Waals surface area (Å²) in [5, 5.41) is 4.24. The first-order valence-corrected chi connectivity index (χ1v) is 7.72. The van der Waals surface area contributed by atoms with Crippen molar-refractivity contribution in [3.63, 3.8) is 0 Å². The normalized spacial score (nSPS) is 12.8. The molecule has 1 aromatic heterocycles. The monoisotopic (exact) mass is 370 g/mol. The summed E-state index contributed by atoms with van der Waals surface area (Å²) in [6, 6.07) is 6.10. The summed E-state index contributed by atoms with van der Waals surface area (Å²) in [5.41, 5.74) is 1.96. The number of hydrogen-bond acceptors (Lipinski definition) is 2. The minimum Gasteiger partial charge on any atom is -0.347 e. The van der Waals surface area contributed by atoms with Crippen LogP contribution in [0.2, 0.25) is 0 Å². The number of aryl methyl sites for hydroxylation is 1. The van der Waals surface area contributed by atoms with Crippen LogP contribution in [-0.2, 0) is 6.54 Å². The number of nitrogens with one attached hydrogen (secondary N) is 1. The van der Waals surface area contributed by atoms with E-state index in [-0.39, 0.29) is 11.8 Å². The van der Waals surface area contributed by atoms with Crippen LogP contribution >= 0.6 is 22.6 Å². The Labute approximate surface area is 127 Å². The molecule has 0 fully saturated rings. The molecule has 0 saturated carbocycles. The lowest BCUT2D eigenvalue weighted by molar-refractivity contribution is 0.0953. The molecule has 0 saturated heterocycles. The van der Waals surface area contributed by atoms with Gasteiger partial charge in [-0.2, -0.15) is 0 Å². The fourth-order valence-electron chi connectivity index (χ4n) is 2.36. The third-order valence-corrected chi connectivity index (χ3v) is 4.03. The van der Waals surface area contributed by atoms with Gasteiger partial charge in [0.05, 0.1) is 6.04 Å². The molecule has 0 aliphatic rings. The standard InChI is InChI=1S/C15H19IN2O/c1-4-17-10(3)15(19)13-9-18(5-2)14-8-11(16)6-7-12(13)14/h6-10,17H,4-5H2,1-3H3. The average Bonchev–Trinajstić information content (AvgIpc) is 2.76. The second-order valence-electron chi connectivity index (χ2n) is 4.63. The van der Waals surface area contributed by atoms with Crippen molar-refractivity contribution in [3.8, 4) is 0 Å². The second kappa shape index (κ2) is 6.05. The highest BCUT2D eigenvalue weighted by atomic mass is 127. The van der Waals surface area contributed by atoms with Crippen molar-refractivity contribution in [1.82, 2.24) is 9.88 Å². The van der Waals surface area contributed by atoms with Crippen LogP contribution < -0.4 is 5.32 Å². The Morgan fingerprint density at radius 1 is 1.42 bits per heavy atom. The molecule has 102 valence electrons. The molecule has 0 aliphatic carbocycles. The zero-order valence-corrected chi connectivity index (χ0v) is 13.7. The minimum absolute atomic E-state index is 0.139. The quantitative estimate of drug-likeness (QED) is 0.646. The molecule has 2 aromatic rings. The number of Topliss-reactive ketones (excluding diaryl/α,β-unsaturated/α-hetero) is 1. The third-order valence-electron chi connectivity index (χ3n) is 3.35. The van der Waals surface area contributed by atoms with Gasteiger partial charge in [0, 0.05) is 32.8 Å². The van der Waals surface area contributed by atoms with E-state index in [1.807, 2.05) is 20.0 Å². The number of likely N-dealkylation sites (N-methyl/N-ethyl adjacent to an activating group) is 1. The van der Waals surface area contributed by atoms with Crippen molar-refractivity contribution >= 4 is 39.3 Å². The topological polar surface area (TPSA) is 34.0 Å². The van der Waals surface area contributed by atoms with E-state index in [1.165, 1.54) is 3.57 Å². The summed E-state index contributed by atoms with van der Waals surface area (Å²) in [7, 11) is 0. The molecule has 2 rings (SSSR count). The van der Waals surface area contributed by atoms with E-state index in [0.29, 0.717) is 0 Å². The van der Waals surface area contributed by atoms with Gasteiger partial charge < -0.3 is 9.88 Å². The van der Waals surface area contributed by atoms with Crippen LogP contribution in [0.1, 0.15) is 31.1 Å². The number of fused-ring (bicyclic) bond motifs is 1. The van der Waals surface area contributed by atoms with Crippen molar-refractivity contribution in [2.75, 3.05) is 6.54 Å². The number of halogens is 1. The van der Waals surface area contributed by atoms with Crippen LogP contribution in [0, 0.1) is 3.57 Å². The van der Waals surface area contributed by atoms with E-state index in [1.54, 1.807) is 0 Å². The van der Waals surface area contributed by atoms with E-state index < -0.39 is 0 Å². The number of carbonyl (C=O) groups excluding carboxylic acids is 1. The predicted molar refractivity (Wildman–Crippen MR) is 87.8 cm³/mol. The van der Waals surface area contributed by atoms with E-state index >= 15 is 0 Å². The lowest BCUT2D eigenvalue weighted by Crippen LogP contribution is -2.33. The highest BCUT2D eigenvalue weighted by Crippen LogP contribution is 2.24. The molecule has 1 unspecified atom stereocenters. The SMILES string of the molecule is CCNC(C)C(=O)c1cn(CC)c2cc(I)ccc12. The van der Waals surface area contributed by atoms with Gasteiger partial charge in [-0.1, -0.05) is 13.0 Å². The maximum Gasteiger partial charge on any atom is 0.181 e. The first-order valence-electron chi connectivity index (χ1n) is 6.64. The van der Waals surface area contributed by atoms with Crippen molar-refractivity contribution in [3.05, 3.63) is 33.5 Å². The Morgan fingerprint density at radius 2 is 2.16 bits per heavy atom. The van der Waals surface area contributed by atoms with Crippen molar-refractivity contribution in [1.29, 1.82) is 0 Å². The van der Waals surface area contributed by atoms with Gasteiger partial charge in [0.1, 0.15) is 0 Å². The zero-order chi connectivity index (χ0) is 14.0. The second-order valence-corrected chi connectivity index (χ2v) is 5.88. The Morgan fingerprint density at radius 3 is 2.79 bits per heavy atom. The molecule has 0 aliphatic heterocycles. The van der Waals surface area contributed by atoms with Crippen molar-refractivity contribution in [2.24, 2.45) is 0 Å². The molecule has 1 atom stereocenters. The molecule has 1 N–H and O–H groups in total. The number of ketones is 1.